The number of hydrogen-bond acceptors (Lipinski definition) is 7. The lowest BCUT2D eigenvalue weighted by Gasteiger charge is -2.21. The maximum absolute atomic E-state index is 11.5. The van der Waals surface area contributed by atoms with Crippen LogP contribution in [0.25, 0.3) is 0 Å². The standard InChI is InChI=1S/C18H31N3O6/c1-18(2,3)27-17(24)20-14(19)13-26-12-11-25-10-6-4-5-9-21-15(22)7-8-16(21)23/h7-8,14H,4-6,9-13,19H2,1-3H3,(H,20,24). The fourth-order valence-corrected chi connectivity index (χ4v) is 2.23. The highest BCUT2D eigenvalue weighted by molar-refractivity contribution is 6.12. The molecule has 0 aromatic carbocycles. The van der Waals surface area contributed by atoms with Crippen LogP contribution in [-0.4, -0.2) is 67.5 Å². The molecule has 154 valence electrons. The van der Waals surface area contributed by atoms with Gasteiger partial charge in [0.1, 0.15) is 11.8 Å². The van der Waals surface area contributed by atoms with Gasteiger partial charge in [0, 0.05) is 25.3 Å². The number of alkyl carbamates (subject to hydrolysis) is 1. The lowest BCUT2D eigenvalue weighted by Crippen LogP contribution is -2.46. The molecule has 0 spiro atoms. The number of carbonyl (C=O) groups excluding carboxylic acids is 3. The molecule has 0 saturated heterocycles. The van der Waals surface area contributed by atoms with E-state index in [9.17, 15) is 14.4 Å². The Morgan fingerprint density at radius 2 is 1.70 bits per heavy atom. The first-order valence-corrected chi connectivity index (χ1v) is 9.13. The number of amides is 3. The summed E-state index contributed by atoms with van der Waals surface area (Å²) in [6.45, 7) is 7.28. The van der Waals surface area contributed by atoms with Crippen molar-refractivity contribution in [3.63, 3.8) is 0 Å². The van der Waals surface area contributed by atoms with Crippen molar-refractivity contribution in [2.24, 2.45) is 5.73 Å². The molecule has 0 aliphatic carbocycles. The van der Waals surface area contributed by atoms with Crippen molar-refractivity contribution < 1.29 is 28.6 Å². The average Bonchev–Trinajstić information content (AvgIpc) is 2.86. The van der Waals surface area contributed by atoms with Gasteiger partial charge in [-0.25, -0.2) is 4.79 Å². The molecule has 1 unspecified atom stereocenters. The van der Waals surface area contributed by atoms with Gasteiger partial charge in [0.2, 0.25) is 0 Å². The third-order valence-electron chi connectivity index (χ3n) is 3.44. The number of imide groups is 1. The highest BCUT2D eigenvalue weighted by Crippen LogP contribution is 2.07. The third kappa shape index (κ3) is 10.7. The van der Waals surface area contributed by atoms with Gasteiger partial charge in [0.25, 0.3) is 11.8 Å². The van der Waals surface area contributed by atoms with Gasteiger partial charge in [-0.1, -0.05) is 0 Å². The maximum Gasteiger partial charge on any atom is 0.408 e. The summed E-state index contributed by atoms with van der Waals surface area (Å²) in [5.41, 5.74) is 5.15. The first-order valence-electron chi connectivity index (χ1n) is 9.13. The average molecular weight is 385 g/mol. The van der Waals surface area contributed by atoms with E-state index in [1.807, 2.05) is 0 Å². The number of rotatable bonds is 12. The minimum absolute atomic E-state index is 0.161. The van der Waals surface area contributed by atoms with E-state index in [4.69, 9.17) is 19.9 Å². The minimum Gasteiger partial charge on any atom is -0.444 e. The summed E-state index contributed by atoms with van der Waals surface area (Å²) >= 11 is 0. The summed E-state index contributed by atoms with van der Waals surface area (Å²) < 4.78 is 15.9. The van der Waals surface area contributed by atoms with Crippen LogP contribution in [0.4, 0.5) is 4.79 Å². The molecular formula is C18H31N3O6. The Morgan fingerprint density at radius 1 is 1.07 bits per heavy atom. The summed E-state index contributed by atoms with van der Waals surface area (Å²) in [5.74, 6) is -0.486. The van der Waals surface area contributed by atoms with Crippen molar-refractivity contribution >= 4 is 17.9 Å². The fourth-order valence-electron chi connectivity index (χ4n) is 2.23. The third-order valence-corrected chi connectivity index (χ3v) is 3.44. The monoisotopic (exact) mass is 385 g/mol. The van der Waals surface area contributed by atoms with Crippen molar-refractivity contribution in [1.82, 2.24) is 10.2 Å². The first kappa shape index (κ1) is 23.1. The number of nitrogens with one attached hydrogen (secondary N) is 1. The lowest BCUT2D eigenvalue weighted by atomic mass is 10.2. The van der Waals surface area contributed by atoms with Crippen LogP contribution in [0.3, 0.4) is 0 Å². The van der Waals surface area contributed by atoms with Crippen LogP contribution in [0.1, 0.15) is 40.0 Å². The molecule has 1 heterocycles. The van der Waals surface area contributed by atoms with Crippen LogP contribution < -0.4 is 11.1 Å². The highest BCUT2D eigenvalue weighted by Gasteiger charge is 2.22. The van der Waals surface area contributed by atoms with E-state index in [2.05, 4.69) is 5.32 Å². The summed E-state index contributed by atoms with van der Waals surface area (Å²) in [6, 6.07) is 0. The lowest BCUT2D eigenvalue weighted by molar-refractivity contribution is -0.136. The normalized spacial score (nSPS) is 15.3. The summed E-state index contributed by atoms with van der Waals surface area (Å²) in [6.07, 6.45) is 3.81. The molecule has 27 heavy (non-hydrogen) atoms. The van der Waals surface area contributed by atoms with E-state index in [0.29, 0.717) is 26.4 Å². The van der Waals surface area contributed by atoms with Gasteiger partial charge in [-0.05, 0) is 40.0 Å². The molecule has 1 aliphatic heterocycles. The molecule has 3 amide bonds. The van der Waals surface area contributed by atoms with Gasteiger partial charge < -0.3 is 25.3 Å². The summed E-state index contributed by atoms with van der Waals surface area (Å²) in [7, 11) is 0. The molecule has 0 aromatic rings. The van der Waals surface area contributed by atoms with Crippen LogP contribution >= 0.6 is 0 Å². The van der Waals surface area contributed by atoms with E-state index in [0.717, 1.165) is 19.3 Å². The topological polar surface area (TPSA) is 120 Å². The Bertz CT molecular complexity index is 512. The first-order chi connectivity index (χ1) is 12.7. The number of nitrogens with two attached hydrogens (primary N) is 1. The summed E-state index contributed by atoms with van der Waals surface area (Å²) in [5, 5.41) is 2.49. The van der Waals surface area contributed by atoms with E-state index >= 15 is 0 Å². The van der Waals surface area contributed by atoms with Crippen LogP contribution in [0.15, 0.2) is 12.2 Å². The molecule has 9 nitrogen and oxygen atoms in total. The fraction of sp³-hybridized carbons (Fsp3) is 0.722. The van der Waals surface area contributed by atoms with Gasteiger partial charge in [0.05, 0.1) is 19.8 Å². The van der Waals surface area contributed by atoms with Gasteiger partial charge in [-0.2, -0.15) is 0 Å². The summed E-state index contributed by atoms with van der Waals surface area (Å²) in [4.78, 5) is 35.5. The number of unbranched alkanes of at least 4 members (excludes halogenated alkanes) is 2. The Kier molecular flexibility index (Phi) is 9.98. The molecule has 3 N–H and O–H groups in total. The van der Waals surface area contributed by atoms with Crippen molar-refractivity contribution in [3.8, 4) is 0 Å². The number of ether oxygens (including phenoxy) is 3. The SMILES string of the molecule is CC(C)(C)OC(=O)NC(N)COCCOCCCCCN1C(=O)C=CC1=O. The molecule has 0 aromatic heterocycles. The number of nitrogens with zero attached hydrogens (tertiary/aromatic N) is 1. The predicted molar refractivity (Wildman–Crippen MR) is 98.7 cm³/mol. The molecule has 1 atom stereocenters. The second-order valence-corrected chi connectivity index (χ2v) is 7.16. The minimum atomic E-state index is -0.648. The Hall–Kier alpha value is -1.97. The van der Waals surface area contributed by atoms with E-state index in [-0.39, 0.29) is 18.4 Å². The highest BCUT2D eigenvalue weighted by atomic mass is 16.6. The predicted octanol–water partition coefficient (Wildman–Crippen LogP) is 0.924. The molecule has 9 heteroatoms. The van der Waals surface area contributed by atoms with Crippen LogP contribution in [-0.2, 0) is 23.8 Å². The molecular weight excluding hydrogens is 354 g/mol. The van der Waals surface area contributed by atoms with Gasteiger partial charge in [-0.15, -0.1) is 0 Å². The van der Waals surface area contributed by atoms with Gasteiger partial charge in [0.15, 0.2) is 0 Å². The zero-order valence-corrected chi connectivity index (χ0v) is 16.4. The Morgan fingerprint density at radius 3 is 2.33 bits per heavy atom. The van der Waals surface area contributed by atoms with Gasteiger partial charge >= 0.3 is 6.09 Å². The molecule has 0 bridgehead atoms. The molecule has 1 aliphatic rings. The second kappa shape index (κ2) is 11.7. The van der Waals surface area contributed by atoms with Crippen molar-refractivity contribution in [2.45, 2.75) is 51.8 Å². The maximum atomic E-state index is 11.5. The van der Waals surface area contributed by atoms with Crippen molar-refractivity contribution in [2.75, 3.05) is 33.0 Å². The Balaban J connectivity index is 1.91. The molecule has 1 rings (SSSR count). The van der Waals surface area contributed by atoms with Crippen LogP contribution in [0.2, 0.25) is 0 Å². The Labute approximate surface area is 160 Å². The number of carbonyl (C=O) groups is 3. The van der Waals surface area contributed by atoms with Gasteiger partial charge in [-0.3, -0.25) is 14.5 Å². The van der Waals surface area contributed by atoms with Crippen molar-refractivity contribution in [3.05, 3.63) is 12.2 Å². The zero-order valence-electron chi connectivity index (χ0n) is 16.4. The smallest absolute Gasteiger partial charge is 0.408 e. The van der Waals surface area contributed by atoms with E-state index in [1.54, 1.807) is 20.8 Å². The second-order valence-electron chi connectivity index (χ2n) is 7.16. The van der Waals surface area contributed by atoms with E-state index < -0.39 is 17.9 Å². The quantitative estimate of drug-likeness (QED) is 0.291. The van der Waals surface area contributed by atoms with Crippen molar-refractivity contribution in [1.29, 1.82) is 0 Å². The van der Waals surface area contributed by atoms with E-state index in [1.165, 1.54) is 17.1 Å². The molecule has 0 radical (unpaired) electrons. The molecule has 0 fully saturated rings. The molecule has 0 saturated carbocycles. The zero-order chi connectivity index (χ0) is 20.3. The van der Waals surface area contributed by atoms with Crippen LogP contribution in [0, 0.1) is 0 Å². The largest absolute Gasteiger partial charge is 0.444 e. The number of hydrogen-bond donors (Lipinski definition) is 2. The van der Waals surface area contributed by atoms with Crippen LogP contribution in [0.5, 0.6) is 0 Å².